The van der Waals surface area contributed by atoms with Crippen molar-refractivity contribution < 1.29 is 4.74 Å². The van der Waals surface area contributed by atoms with Crippen molar-refractivity contribution in [1.29, 1.82) is 0 Å². The second-order valence-electron chi connectivity index (χ2n) is 5.31. The summed E-state index contributed by atoms with van der Waals surface area (Å²) in [6.45, 7) is 7.01. The van der Waals surface area contributed by atoms with Crippen LogP contribution < -0.4 is 4.74 Å². The Balaban J connectivity index is 2.23. The van der Waals surface area contributed by atoms with Crippen LogP contribution in [0.3, 0.4) is 0 Å². The van der Waals surface area contributed by atoms with Gasteiger partial charge in [0, 0.05) is 0 Å². The van der Waals surface area contributed by atoms with Gasteiger partial charge >= 0.3 is 0 Å². The van der Waals surface area contributed by atoms with Gasteiger partial charge in [-0.3, -0.25) is 0 Å². The monoisotopic (exact) mass is 366 g/mol. The average molecular weight is 368 g/mol. The van der Waals surface area contributed by atoms with E-state index in [4.69, 9.17) is 16.3 Å². The molecule has 1 unspecified atom stereocenters. The van der Waals surface area contributed by atoms with Crippen molar-refractivity contribution in [3.05, 3.63) is 63.6 Å². The van der Waals surface area contributed by atoms with E-state index in [0.717, 1.165) is 21.3 Å². The number of hydrogen-bond donors (Lipinski definition) is 0. The van der Waals surface area contributed by atoms with Crippen LogP contribution >= 0.6 is 27.5 Å². The number of benzene rings is 2. The van der Waals surface area contributed by atoms with Crippen molar-refractivity contribution in [2.75, 3.05) is 6.61 Å². The van der Waals surface area contributed by atoms with Crippen molar-refractivity contribution in [2.24, 2.45) is 0 Å². The maximum absolute atomic E-state index is 6.60. The van der Waals surface area contributed by atoms with Gasteiger partial charge in [-0.1, -0.05) is 44.2 Å². The highest BCUT2D eigenvalue weighted by molar-refractivity contribution is 9.10. The van der Waals surface area contributed by atoms with Crippen LogP contribution in [0.15, 0.2) is 46.9 Å². The summed E-state index contributed by atoms with van der Waals surface area (Å²) >= 11 is 10.1. The van der Waals surface area contributed by atoms with Crippen LogP contribution in [0.25, 0.3) is 0 Å². The summed E-state index contributed by atoms with van der Waals surface area (Å²) in [7, 11) is 0. The highest BCUT2D eigenvalue weighted by atomic mass is 79.9. The summed E-state index contributed by atoms with van der Waals surface area (Å²) in [5.41, 5.74) is 3.50. The van der Waals surface area contributed by atoms with Crippen molar-refractivity contribution in [3.63, 3.8) is 0 Å². The van der Waals surface area contributed by atoms with E-state index < -0.39 is 0 Å². The lowest BCUT2D eigenvalue weighted by Gasteiger charge is -2.14. The van der Waals surface area contributed by atoms with Gasteiger partial charge in [0.1, 0.15) is 5.75 Å². The fraction of sp³-hybridized carbons (Fsp3) is 0.333. The SMILES string of the molecule is CCOc1ccc(C(Cl)c2ccc(C(C)C)cc2)cc1Br. The summed E-state index contributed by atoms with van der Waals surface area (Å²) in [5.74, 6) is 1.38. The number of rotatable bonds is 5. The highest BCUT2D eigenvalue weighted by Gasteiger charge is 2.13. The molecule has 2 rings (SSSR count). The van der Waals surface area contributed by atoms with E-state index in [0.29, 0.717) is 12.5 Å². The molecule has 0 heterocycles. The van der Waals surface area contributed by atoms with Crippen LogP contribution in [0.2, 0.25) is 0 Å². The van der Waals surface area contributed by atoms with Crippen LogP contribution in [0.1, 0.15) is 48.8 Å². The summed E-state index contributed by atoms with van der Waals surface area (Å²) in [6.07, 6.45) is 0. The largest absolute Gasteiger partial charge is 0.493 e. The molecule has 0 N–H and O–H groups in total. The van der Waals surface area contributed by atoms with Crippen LogP contribution in [0.4, 0.5) is 0 Å². The predicted octanol–water partition coefficient (Wildman–Crippen LogP) is 6.30. The molecule has 0 spiro atoms. The Morgan fingerprint density at radius 3 is 2.10 bits per heavy atom. The first-order valence-electron chi connectivity index (χ1n) is 7.19. The number of halogens is 2. The first kappa shape index (κ1) is 16.4. The smallest absolute Gasteiger partial charge is 0.133 e. The molecule has 0 saturated heterocycles. The van der Waals surface area contributed by atoms with E-state index in [9.17, 15) is 0 Å². The minimum atomic E-state index is -0.154. The van der Waals surface area contributed by atoms with Crippen molar-refractivity contribution >= 4 is 27.5 Å². The molecule has 2 aromatic carbocycles. The van der Waals surface area contributed by atoms with E-state index in [2.05, 4.69) is 54.0 Å². The normalized spacial score (nSPS) is 12.5. The molecule has 0 aliphatic heterocycles. The van der Waals surface area contributed by atoms with Gasteiger partial charge in [-0.05, 0) is 57.6 Å². The lowest BCUT2D eigenvalue weighted by Crippen LogP contribution is -1.97. The molecule has 0 aliphatic carbocycles. The minimum Gasteiger partial charge on any atom is -0.493 e. The van der Waals surface area contributed by atoms with Crippen LogP contribution in [-0.4, -0.2) is 6.61 Å². The molecule has 0 amide bonds. The number of ether oxygens (including phenoxy) is 1. The molecular formula is C18H20BrClO. The molecule has 0 aliphatic rings. The zero-order chi connectivity index (χ0) is 15.4. The zero-order valence-corrected chi connectivity index (χ0v) is 14.9. The van der Waals surface area contributed by atoms with Gasteiger partial charge in [-0.2, -0.15) is 0 Å². The third-order valence-electron chi connectivity index (χ3n) is 3.44. The molecule has 21 heavy (non-hydrogen) atoms. The van der Waals surface area contributed by atoms with Gasteiger partial charge < -0.3 is 4.74 Å². The zero-order valence-electron chi connectivity index (χ0n) is 12.6. The third kappa shape index (κ3) is 4.02. The Kier molecular flexibility index (Phi) is 5.72. The van der Waals surface area contributed by atoms with E-state index in [1.165, 1.54) is 5.56 Å². The van der Waals surface area contributed by atoms with Gasteiger partial charge in [-0.25, -0.2) is 0 Å². The maximum atomic E-state index is 6.60. The fourth-order valence-corrected chi connectivity index (χ4v) is 2.98. The van der Waals surface area contributed by atoms with E-state index in [-0.39, 0.29) is 5.38 Å². The lowest BCUT2D eigenvalue weighted by molar-refractivity contribution is 0.338. The Morgan fingerprint density at radius 1 is 1.00 bits per heavy atom. The third-order valence-corrected chi connectivity index (χ3v) is 4.57. The van der Waals surface area contributed by atoms with E-state index >= 15 is 0 Å². The Labute approximate surface area is 140 Å². The molecule has 1 nitrogen and oxygen atoms in total. The number of hydrogen-bond acceptors (Lipinski definition) is 1. The minimum absolute atomic E-state index is 0.154. The van der Waals surface area contributed by atoms with Crippen molar-refractivity contribution in [1.82, 2.24) is 0 Å². The van der Waals surface area contributed by atoms with Crippen LogP contribution in [0, 0.1) is 0 Å². The molecular weight excluding hydrogens is 348 g/mol. The van der Waals surface area contributed by atoms with Gasteiger partial charge in [0.15, 0.2) is 0 Å². The molecule has 112 valence electrons. The van der Waals surface area contributed by atoms with E-state index in [1.54, 1.807) is 0 Å². The molecule has 0 saturated carbocycles. The summed E-state index contributed by atoms with van der Waals surface area (Å²) in [4.78, 5) is 0. The van der Waals surface area contributed by atoms with Crippen molar-refractivity contribution in [3.8, 4) is 5.75 Å². The second-order valence-corrected chi connectivity index (χ2v) is 6.60. The Morgan fingerprint density at radius 2 is 1.57 bits per heavy atom. The molecule has 3 heteroatoms. The van der Waals surface area contributed by atoms with Gasteiger partial charge in [0.2, 0.25) is 0 Å². The standard InChI is InChI=1S/C18H20BrClO/c1-4-21-17-10-9-15(11-16(17)19)18(20)14-7-5-13(6-8-14)12(2)3/h5-12,18H,4H2,1-3H3. The highest BCUT2D eigenvalue weighted by Crippen LogP contribution is 2.34. The molecule has 0 bridgehead atoms. The molecule has 1 atom stereocenters. The van der Waals surface area contributed by atoms with Gasteiger partial charge in [-0.15, -0.1) is 11.6 Å². The maximum Gasteiger partial charge on any atom is 0.133 e. The Bertz CT molecular complexity index is 593. The van der Waals surface area contributed by atoms with Crippen LogP contribution in [0.5, 0.6) is 5.75 Å². The van der Waals surface area contributed by atoms with Crippen LogP contribution in [-0.2, 0) is 0 Å². The number of alkyl halides is 1. The van der Waals surface area contributed by atoms with Gasteiger partial charge in [0.05, 0.1) is 16.5 Å². The summed E-state index contributed by atoms with van der Waals surface area (Å²) in [6, 6.07) is 14.5. The average Bonchev–Trinajstić information content (AvgIpc) is 2.49. The molecule has 0 fully saturated rings. The topological polar surface area (TPSA) is 9.23 Å². The quantitative estimate of drug-likeness (QED) is 0.563. The lowest BCUT2D eigenvalue weighted by atomic mass is 9.98. The first-order chi connectivity index (χ1) is 10.0. The second kappa shape index (κ2) is 7.33. The summed E-state index contributed by atoms with van der Waals surface area (Å²) in [5, 5.41) is -0.154. The summed E-state index contributed by atoms with van der Waals surface area (Å²) < 4.78 is 6.47. The van der Waals surface area contributed by atoms with Gasteiger partial charge in [0.25, 0.3) is 0 Å². The molecule has 2 aromatic rings. The first-order valence-corrected chi connectivity index (χ1v) is 8.42. The fourth-order valence-electron chi connectivity index (χ4n) is 2.19. The van der Waals surface area contributed by atoms with E-state index in [1.807, 2.05) is 25.1 Å². The predicted molar refractivity (Wildman–Crippen MR) is 93.5 cm³/mol. The Hall–Kier alpha value is -0.990. The molecule has 0 radical (unpaired) electrons. The molecule has 0 aromatic heterocycles. The van der Waals surface area contributed by atoms with Crippen molar-refractivity contribution in [2.45, 2.75) is 32.1 Å².